The van der Waals surface area contributed by atoms with Gasteiger partial charge in [0.15, 0.2) is 6.29 Å². The quantitative estimate of drug-likeness (QED) is 0.562. The van der Waals surface area contributed by atoms with Crippen LogP contribution in [0.5, 0.6) is 0 Å². The Morgan fingerprint density at radius 2 is 1.67 bits per heavy atom. The summed E-state index contributed by atoms with van der Waals surface area (Å²) in [4.78, 5) is 0. The molecule has 1 aliphatic rings. The molecule has 3 unspecified atom stereocenters. The molecule has 0 radical (unpaired) electrons. The molecule has 0 aromatic heterocycles. The summed E-state index contributed by atoms with van der Waals surface area (Å²) in [5, 5.41) is 0. The van der Waals surface area contributed by atoms with E-state index in [9.17, 15) is 0 Å². The summed E-state index contributed by atoms with van der Waals surface area (Å²) in [6, 6.07) is 0. The predicted octanol–water partition coefficient (Wildman–Crippen LogP) is 2.82. The summed E-state index contributed by atoms with van der Waals surface area (Å²) in [6.45, 7) is 11.2. The van der Waals surface area contributed by atoms with Gasteiger partial charge in [-0.2, -0.15) is 0 Å². The van der Waals surface area contributed by atoms with Crippen LogP contribution in [-0.4, -0.2) is 19.0 Å². The zero-order valence-electron chi connectivity index (χ0n) is 8.96. The van der Waals surface area contributed by atoms with E-state index in [-0.39, 0.29) is 6.29 Å². The first-order valence-electron chi connectivity index (χ1n) is 4.88. The molecular weight excluding hydrogens is 152 g/mol. The van der Waals surface area contributed by atoms with Crippen LogP contribution in [0.2, 0.25) is 0 Å². The largest absolute Gasteiger partial charge is 0.353 e. The van der Waals surface area contributed by atoms with Crippen LogP contribution in [0.15, 0.2) is 0 Å². The Morgan fingerprint density at radius 3 is 2.00 bits per heavy atom. The first kappa shape index (κ1) is 11.9. The smallest absolute Gasteiger partial charge is 0.155 e. The molecule has 1 fully saturated rings. The highest BCUT2D eigenvalue weighted by atomic mass is 16.7. The van der Waals surface area contributed by atoms with Crippen molar-refractivity contribution in [2.75, 3.05) is 6.61 Å². The highest BCUT2D eigenvalue weighted by molar-refractivity contribution is 4.64. The maximum Gasteiger partial charge on any atom is 0.155 e. The fraction of sp³-hybridized carbons (Fsp3) is 1.00. The van der Waals surface area contributed by atoms with Crippen LogP contribution in [0.25, 0.3) is 0 Å². The zero-order chi connectivity index (χ0) is 9.56. The molecule has 74 valence electrons. The van der Waals surface area contributed by atoms with Crippen molar-refractivity contribution < 1.29 is 9.47 Å². The molecule has 1 aliphatic heterocycles. The van der Waals surface area contributed by atoms with Crippen molar-refractivity contribution in [2.45, 2.75) is 53.4 Å². The van der Waals surface area contributed by atoms with Crippen molar-refractivity contribution in [2.24, 2.45) is 5.92 Å². The van der Waals surface area contributed by atoms with Crippen LogP contribution in [0.3, 0.4) is 0 Å². The molecule has 0 saturated carbocycles. The monoisotopic (exact) mass is 174 g/mol. The number of hydrogen-bond acceptors (Lipinski definition) is 2. The molecule has 0 spiro atoms. The van der Waals surface area contributed by atoms with Gasteiger partial charge in [-0.3, -0.25) is 0 Å². The van der Waals surface area contributed by atoms with Gasteiger partial charge in [0.05, 0.1) is 12.7 Å². The molecule has 0 aromatic rings. The maximum atomic E-state index is 5.38. The van der Waals surface area contributed by atoms with Gasteiger partial charge in [-0.05, 0) is 13.8 Å². The third kappa shape index (κ3) is 4.73. The van der Waals surface area contributed by atoms with Gasteiger partial charge in [-0.1, -0.05) is 27.2 Å². The van der Waals surface area contributed by atoms with Crippen molar-refractivity contribution in [1.82, 2.24) is 0 Å². The summed E-state index contributed by atoms with van der Waals surface area (Å²) in [5.74, 6) is 0.543. The first-order valence-corrected chi connectivity index (χ1v) is 4.88. The number of hydrogen-bond donors (Lipinski definition) is 0. The molecule has 0 aliphatic carbocycles. The minimum atomic E-state index is -0.00352. The van der Waals surface area contributed by atoms with Crippen LogP contribution in [0.4, 0.5) is 0 Å². The van der Waals surface area contributed by atoms with E-state index in [0.29, 0.717) is 12.0 Å². The van der Waals surface area contributed by atoms with E-state index >= 15 is 0 Å². The SMILES string of the molecule is CC1OCC(C)C(C)O1.CCC. The molecule has 0 N–H and O–H groups in total. The first-order chi connectivity index (χ1) is 5.61. The van der Waals surface area contributed by atoms with E-state index in [1.165, 1.54) is 6.42 Å². The van der Waals surface area contributed by atoms with Crippen LogP contribution in [-0.2, 0) is 9.47 Å². The Hall–Kier alpha value is -0.0800. The van der Waals surface area contributed by atoms with Crippen LogP contribution in [0, 0.1) is 5.92 Å². The lowest BCUT2D eigenvalue weighted by atomic mass is 10.1. The molecule has 1 heterocycles. The standard InChI is InChI=1S/C7H14O2.C3H8/c1-5-4-8-7(3)9-6(5)2;1-3-2/h5-7H,4H2,1-3H3;3H2,1-2H3. The van der Waals surface area contributed by atoms with Gasteiger partial charge in [0.2, 0.25) is 0 Å². The Labute approximate surface area is 76.3 Å². The molecule has 0 amide bonds. The summed E-state index contributed by atoms with van der Waals surface area (Å²) in [7, 11) is 0. The fourth-order valence-electron chi connectivity index (χ4n) is 0.898. The van der Waals surface area contributed by atoms with Gasteiger partial charge in [-0.15, -0.1) is 0 Å². The summed E-state index contributed by atoms with van der Waals surface area (Å²) in [6.07, 6.45) is 1.60. The molecule has 0 aromatic carbocycles. The highest BCUT2D eigenvalue weighted by Gasteiger charge is 2.21. The summed E-state index contributed by atoms with van der Waals surface area (Å²) < 4.78 is 10.6. The molecule has 1 saturated heterocycles. The normalized spacial score (nSPS) is 35.2. The highest BCUT2D eigenvalue weighted by Crippen LogP contribution is 2.16. The van der Waals surface area contributed by atoms with E-state index in [1.807, 2.05) is 6.92 Å². The molecule has 0 bridgehead atoms. The second-order valence-corrected chi connectivity index (χ2v) is 3.43. The van der Waals surface area contributed by atoms with Gasteiger partial charge in [0.1, 0.15) is 0 Å². The van der Waals surface area contributed by atoms with Crippen molar-refractivity contribution in [1.29, 1.82) is 0 Å². The molecule has 1 rings (SSSR count). The zero-order valence-corrected chi connectivity index (χ0v) is 8.96. The van der Waals surface area contributed by atoms with Gasteiger partial charge < -0.3 is 9.47 Å². The van der Waals surface area contributed by atoms with Gasteiger partial charge in [-0.25, -0.2) is 0 Å². The second kappa shape index (κ2) is 6.44. The minimum absolute atomic E-state index is 0.00352. The lowest BCUT2D eigenvalue weighted by molar-refractivity contribution is -0.219. The van der Waals surface area contributed by atoms with E-state index in [2.05, 4.69) is 27.7 Å². The van der Waals surface area contributed by atoms with Crippen LogP contribution in [0.1, 0.15) is 41.0 Å². The third-order valence-corrected chi connectivity index (χ3v) is 1.80. The van der Waals surface area contributed by atoms with Crippen molar-refractivity contribution >= 4 is 0 Å². The van der Waals surface area contributed by atoms with E-state index in [0.717, 1.165) is 6.61 Å². The fourth-order valence-corrected chi connectivity index (χ4v) is 0.898. The van der Waals surface area contributed by atoms with E-state index in [1.54, 1.807) is 0 Å². The summed E-state index contributed by atoms with van der Waals surface area (Å²) in [5.41, 5.74) is 0. The lowest BCUT2D eigenvalue weighted by Crippen LogP contribution is -2.35. The van der Waals surface area contributed by atoms with E-state index < -0.39 is 0 Å². The Bertz CT molecular complexity index is 104. The van der Waals surface area contributed by atoms with Gasteiger partial charge in [0, 0.05) is 5.92 Å². The van der Waals surface area contributed by atoms with Crippen LogP contribution >= 0.6 is 0 Å². The van der Waals surface area contributed by atoms with Crippen molar-refractivity contribution in [3.63, 3.8) is 0 Å². The number of ether oxygens (including phenoxy) is 2. The van der Waals surface area contributed by atoms with Gasteiger partial charge in [0.25, 0.3) is 0 Å². The van der Waals surface area contributed by atoms with Crippen molar-refractivity contribution in [3.05, 3.63) is 0 Å². The molecule has 2 heteroatoms. The average molecular weight is 174 g/mol. The molecule has 3 atom stereocenters. The van der Waals surface area contributed by atoms with Gasteiger partial charge >= 0.3 is 0 Å². The topological polar surface area (TPSA) is 18.5 Å². The van der Waals surface area contributed by atoms with E-state index in [4.69, 9.17) is 9.47 Å². The number of rotatable bonds is 0. The lowest BCUT2D eigenvalue weighted by Gasteiger charge is -2.30. The van der Waals surface area contributed by atoms with Crippen LogP contribution < -0.4 is 0 Å². The molecule has 2 nitrogen and oxygen atoms in total. The maximum absolute atomic E-state index is 5.38. The van der Waals surface area contributed by atoms with Crippen molar-refractivity contribution in [3.8, 4) is 0 Å². The Balaban J connectivity index is 0.000000354. The predicted molar refractivity (Wildman–Crippen MR) is 51.1 cm³/mol. The minimum Gasteiger partial charge on any atom is -0.353 e. The Morgan fingerprint density at radius 1 is 1.17 bits per heavy atom. The second-order valence-electron chi connectivity index (χ2n) is 3.43. The Kier molecular flexibility index (Phi) is 6.39. The molecule has 12 heavy (non-hydrogen) atoms. The molecular formula is C10H22O2. The third-order valence-electron chi connectivity index (χ3n) is 1.80. The average Bonchev–Trinajstić information content (AvgIpc) is 1.99. The summed E-state index contributed by atoms with van der Waals surface area (Å²) >= 11 is 0.